The first-order chi connectivity index (χ1) is 15.8. The molecule has 1 aliphatic rings. The Morgan fingerprint density at radius 1 is 1.03 bits per heavy atom. The molecule has 4 rings (SSSR count). The second-order valence-corrected chi connectivity index (χ2v) is 8.77. The van der Waals surface area contributed by atoms with Gasteiger partial charge in [0.2, 0.25) is 5.76 Å². The minimum absolute atomic E-state index is 0.107. The maximum absolute atomic E-state index is 13.8. The van der Waals surface area contributed by atoms with Crippen LogP contribution < -0.4 is 14.9 Å². The van der Waals surface area contributed by atoms with Gasteiger partial charge in [-0.2, -0.15) is 0 Å². The van der Waals surface area contributed by atoms with E-state index in [1.807, 2.05) is 46.1 Å². The molecular formula is C26H30N2O5. The fourth-order valence-corrected chi connectivity index (χ4v) is 4.44. The molecular weight excluding hydrogens is 420 g/mol. The second kappa shape index (κ2) is 8.90. The number of benzene rings is 2. The Morgan fingerprint density at radius 3 is 2.42 bits per heavy atom. The lowest BCUT2D eigenvalue weighted by Gasteiger charge is -2.27. The van der Waals surface area contributed by atoms with E-state index >= 15 is 0 Å². The van der Waals surface area contributed by atoms with Gasteiger partial charge in [-0.05, 0) is 82.4 Å². The molecule has 0 aliphatic carbocycles. The van der Waals surface area contributed by atoms with Crippen molar-refractivity contribution < 1.29 is 18.7 Å². The quantitative estimate of drug-likeness (QED) is 0.543. The lowest BCUT2D eigenvalue weighted by atomic mass is 9.96. The van der Waals surface area contributed by atoms with Gasteiger partial charge >= 0.3 is 0 Å². The molecule has 0 bridgehead atoms. The third kappa shape index (κ3) is 3.97. The molecule has 0 radical (unpaired) electrons. The van der Waals surface area contributed by atoms with Crippen LogP contribution in [-0.4, -0.2) is 57.1 Å². The largest absolute Gasteiger partial charge is 0.497 e. The fraction of sp³-hybridized carbons (Fsp3) is 0.385. The maximum Gasteiger partial charge on any atom is 0.290 e. The van der Waals surface area contributed by atoms with E-state index in [9.17, 15) is 9.59 Å². The van der Waals surface area contributed by atoms with E-state index in [1.165, 1.54) is 0 Å². The highest BCUT2D eigenvalue weighted by atomic mass is 16.5. The zero-order chi connectivity index (χ0) is 23.9. The number of carbonyl (C=O) groups is 1. The van der Waals surface area contributed by atoms with Crippen molar-refractivity contribution in [3.05, 3.63) is 68.6 Å². The van der Waals surface area contributed by atoms with Gasteiger partial charge in [0.1, 0.15) is 17.1 Å². The summed E-state index contributed by atoms with van der Waals surface area (Å²) in [5.41, 5.74) is 3.30. The normalized spacial score (nSPS) is 15.4. The van der Waals surface area contributed by atoms with Crippen LogP contribution in [0.4, 0.5) is 0 Å². The molecule has 2 heterocycles. The van der Waals surface area contributed by atoms with Gasteiger partial charge < -0.3 is 23.7 Å². The summed E-state index contributed by atoms with van der Waals surface area (Å²) in [5, 5.41) is 0.478. The number of fused-ring (bicyclic) bond motifs is 2. The first-order valence-electron chi connectivity index (χ1n) is 11.0. The van der Waals surface area contributed by atoms with Crippen LogP contribution in [0.15, 0.2) is 39.5 Å². The van der Waals surface area contributed by atoms with Gasteiger partial charge in [0.15, 0.2) is 5.43 Å². The Kier molecular flexibility index (Phi) is 6.17. The number of ether oxygens (including phenoxy) is 2. The summed E-state index contributed by atoms with van der Waals surface area (Å²) >= 11 is 0. The second-order valence-electron chi connectivity index (χ2n) is 8.77. The highest BCUT2D eigenvalue weighted by Gasteiger charge is 2.43. The summed E-state index contributed by atoms with van der Waals surface area (Å²) in [6.45, 7) is 5.20. The highest BCUT2D eigenvalue weighted by molar-refractivity contribution is 5.99. The minimum Gasteiger partial charge on any atom is -0.497 e. The lowest BCUT2D eigenvalue weighted by Crippen LogP contribution is -2.32. The van der Waals surface area contributed by atoms with E-state index in [4.69, 9.17) is 13.9 Å². The van der Waals surface area contributed by atoms with E-state index in [1.54, 1.807) is 31.3 Å². The lowest BCUT2D eigenvalue weighted by molar-refractivity contribution is 0.0720. The summed E-state index contributed by atoms with van der Waals surface area (Å²) in [6.07, 6.45) is 0.751. The number of amides is 1. The number of hydrogen-bond donors (Lipinski definition) is 0. The Balaban J connectivity index is 1.96. The number of rotatable bonds is 7. The van der Waals surface area contributed by atoms with Crippen molar-refractivity contribution in [2.45, 2.75) is 26.3 Å². The molecule has 1 aliphatic heterocycles. The molecule has 0 fully saturated rings. The first-order valence-corrected chi connectivity index (χ1v) is 11.0. The number of nitrogens with zero attached hydrogens (tertiary/aromatic N) is 2. The number of carbonyl (C=O) groups excluding carboxylic acids is 1. The van der Waals surface area contributed by atoms with Crippen molar-refractivity contribution >= 4 is 16.9 Å². The smallest absolute Gasteiger partial charge is 0.290 e. The Morgan fingerprint density at radius 2 is 1.76 bits per heavy atom. The van der Waals surface area contributed by atoms with Crippen LogP contribution in [0.2, 0.25) is 0 Å². The fourth-order valence-electron chi connectivity index (χ4n) is 4.44. The predicted octanol–water partition coefficient (Wildman–Crippen LogP) is 3.92. The van der Waals surface area contributed by atoms with E-state index in [0.29, 0.717) is 40.1 Å². The molecule has 0 N–H and O–H groups in total. The molecule has 174 valence electrons. The molecule has 7 nitrogen and oxygen atoms in total. The zero-order valence-corrected chi connectivity index (χ0v) is 20.0. The van der Waals surface area contributed by atoms with Crippen LogP contribution >= 0.6 is 0 Å². The van der Waals surface area contributed by atoms with Gasteiger partial charge in [0.05, 0.1) is 31.2 Å². The zero-order valence-electron chi connectivity index (χ0n) is 20.0. The topological polar surface area (TPSA) is 72.2 Å². The molecule has 1 amide bonds. The molecule has 0 spiro atoms. The number of methoxy groups -OCH3 is 2. The van der Waals surface area contributed by atoms with Crippen molar-refractivity contribution in [2.75, 3.05) is 41.4 Å². The molecule has 7 heteroatoms. The van der Waals surface area contributed by atoms with Crippen molar-refractivity contribution in [3.8, 4) is 11.5 Å². The van der Waals surface area contributed by atoms with Crippen LogP contribution in [0.1, 0.15) is 45.3 Å². The highest BCUT2D eigenvalue weighted by Crippen LogP contribution is 2.43. The molecule has 0 saturated carbocycles. The molecule has 2 aromatic carbocycles. The minimum atomic E-state index is -0.623. The average molecular weight is 451 g/mol. The molecule has 33 heavy (non-hydrogen) atoms. The van der Waals surface area contributed by atoms with E-state index in [-0.39, 0.29) is 17.1 Å². The summed E-state index contributed by atoms with van der Waals surface area (Å²) in [5.74, 6) is 1.03. The predicted molar refractivity (Wildman–Crippen MR) is 128 cm³/mol. The molecule has 1 aromatic heterocycles. The standard InChI is InChI=1S/C26H30N2O5/c1-15-12-19-21(13-16(15)2)33-25-22(24(19)29)23(28(26(25)30)11-7-10-27(3)4)18-14-17(31-5)8-9-20(18)32-6/h8-9,12-14,23H,7,10-11H2,1-6H3. The molecule has 0 saturated heterocycles. The van der Waals surface area contributed by atoms with E-state index in [0.717, 1.165) is 24.1 Å². The summed E-state index contributed by atoms with van der Waals surface area (Å²) in [6, 6.07) is 8.47. The van der Waals surface area contributed by atoms with Gasteiger partial charge in [0, 0.05) is 12.1 Å². The van der Waals surface area contributed by atoms with E-state index in [2.05, 4.69) is 4.90 Å². The summed E-state index contributed by atoms with van der Waals surface area (Å²) in [7, 11) is 7.15. The van der Waals surface area contributed by atoms with Gasteiger partial charge in [0.25, 0.3) is 5.91 Å². The summed E-state index contributed by atoms with van der Waals surface area (Å²) in [4.78, 5) is 31.1. The number of hydrogen-bond acceptors (Lipinski definition) is 6. The first kappa shape index (κ1) is 22.9. The Labute approximate surface area is 193 Å². The monoisotopic (exact) mass is 450 g/mol. The van der Waals surface area contributed by atoms with Gasteiger partial charge in [-0.25, -0.2) is 0 Å². The van der Waals surface area contributed by atoms with Crippen molar-refractivity contribution in [1.29, 1.82) is 0 Å². The van der Waals surface area contributed by atoms with Crippen LogP contribution in [0.25, 0.3) is 11.0 Å². The van der Waals surface area contributed by atoms with E-state index < -0.39 is 6.04 Å². The van der Waals surface area contributed by atoms with Crippen molar-refractivity contribution in [2.24, 2.45) is 0 Å². The van der Waals surface area contributed by atoms with Crippen LogP contribution in [0.3, 0.4) is 0 Å². The molecule has 3 aromatic rings. The summed E-state index contributed by atoms with van der Waals surface area (Å²) < 4.78 is 17.2. The maximum atomic E-state index is 13.8. The average Bonchev–Trinajstić information content (AvgIpc) is 3.06. The van der Waals surface area contributed by atoms with Crippen LogP contribution in [0.5, 0.6) is 11.5 Å². The van der Waals surface area contributed by atoms with Crippen LogP contribution in [0, 0.1) is 13.8 Å². The van der Waals surface area contributed by atoms with Crippen molar-refractivity contribution in [3.63, 3.8) is 0 Å². The number of aryl methyl sites for hydroxylation is 2. The Bertz CT molecular complexity index is 1280. The molecule has 1 unspecified atom stereocenters. The van der Waals surface area contributed by atoms with Gasteiger partial charge in [-0.3, -0.25) is 9.59 Å². The third-order valence-corrected chi connectivity index (χ3v) is 6.32. The van der Waals surface area contributed by atoms with Crippen molar-refractivity contribution in [1.82, 2.24) is 9.80 Å². The van der Waals surface area contributed by atoms with Gasteiger partial charge in [-0.1, -0.05) is 0 Å². The van der Waals surface area contributed by atoms with Crippen LogP contribution in [-0.2, 0) is 0 Å². The molecule has 1 atom stereocenters. The van der Waals surface area contributed by atoms with Gasteiger partial charge in [-0.15, -0.1) is 0 Å². The third-order valence-electron chi connectivity index (χ3n) is 6.32. The Hall–Kier alpha value is -3.32. The SMILES string of the molecule is COc1ccc(OC)c(C2c3c(oc4cc(C)c(C)cc4c3=O)C(=O)N2CCCN(C)C)c1.